The predicted octanol–water partition coefficient (Wildman–Crippen LogP) is 2.28. The molecule has 0 aromatic carbocycles. The number of aryl methyl sites for hydroxylation is 1. The van der Waals surface area contributed by atoms with Gasteiger partial charge in [0.25, 0.3) is 0 Å². The molecule has 0 fully saturated rings. The Hall–Kier alpha value is -0.680. The largest absolute Gasteiger partial charge is 0.481 e. The van der Waals surface area contributed by atoms with Gasteiger partial charge < -0.3 is 5.11 Å². The van der Waals surface area contributed by atoms with E-state index < -0.39 is 22.7 Å². The summed E-state index contributed by atoms with van der Waals surface area (Å²) in [5, 5.41) is 8.71. The molecule has 2 unspecified atom stereocenters. The van der Waals surface area contributed by atoms with E-state index in [1.165, 1.54) is 4.88 Å². The number of thiophene rings is 1. The highest BCUT2D eigenvalue weighted by atomic mass is 32.2. The molecular formula is C11H16O3S2. The summed E-state index contributed by atoms with van der Waals surface area (Å²) >= 11 is 1.66. The van der Waals surface area contributed by atoms with Crippen molar-refractivity contribution in [2.75, 3.05) is 5.75 Å². The lowest BCUT2D eigenvalue weighted by Crippen LogP contribution is -2.17. The molecule has 0 aliphatic carbocycles. The minimum absolute atomic E-state index is 0.231. The summed E-state index contributed by atoms with van der Waals surface area (Å²) in [5.41, 5.74) is 0. The van der Waals surface area contributed by atoms with Crippen molar-refractivity contribution in [1.29, 1.82) is 0 Å². The predicted molar refractivity (Wildman–Crippen MR) is 67.2 cm³/mol. The van der Waals surface area contributed by atoms with Gasteiger partial charge in [0.05, 0.1) is 11.7 Å². The quantitative estimate of drug-likeness (QED) is 0.853. The highest BCUT2D eigenvalue weighted by Crippen LogP contribution is 2.19. The number of carboxylic acid groups (broad SMARTS) is 1. The van der Waals surface area contributed by atoms with Crippen LogP contribution in [0.5, 0.6) is 0 Å². The Kier molecular flexibility index (Phi) is 5.15. The summed E-state index contributed by atoms with van der Waals surface area (Å²) in [6, 6.07) is 4.02. The van der Waals surface area contributed by atoms with Crippen molar-refractivity contribution in [3.63, 3.8) is 0 Å². The van der Waals surface area contributed by atoms with Gasteiger partial charge >= 0.3 is 5.97 Å². The maximum Gasteiger partial charge on any atom is 0.307 e. The van der Waals surface area contributed by atoms with Crippen LogP contribution in [0, 0.1) is 5.92 Å². The molecule has 90 valence electrons. The van der Waals surface area contributed by atoms with Crippen molar-refractivity contribution in [2.45, 2.75) is 26.0 Å². The van der Waals surface area contributed by atoms with Crippen LogP contribution in [0.2, 0.25) is 0 Å². The zero-order valence-electron chi connectivity index (χ0n) is 9.43. The summed E-state index contributed by atoms with van der Waals surface area (Å²) in [5.74, 6) is -0.711. The smallest absolute Gasteiger partial charge is 0.307 e. The van der Waals surface area contributed by atoms with Crippen molar-refractivity contribution in [2.24, 2.45) is 5.92 Å². The number of hydrogen-bond acceptors (Lipinski definition) is 3. The fourth-order valence-corrected chi connectivity index (χ4v) is 3.87. The first-order valence-corrected chi connectivity index (χ1v) is 7.48. The van der Waals surface area contributed by atoms with Crippen LogP contribution in [-0.4, -0.2) is 21.0 Å². The van der Waals surface area contributed by atoms with Gasteiger partial charge in [0.2, 0.25) is 0 Å². The van der Waals surface area contributed by atoms with E-state index in [1.54, 1.807) is 18.3 Å². The maximum atomic E-state index is 11.7. The average Bonchev–Trinajstić information content (AvgIpc) is 2.65. The monoisotopic (exact) mass is 260 g/mol. The maximum absolute atomic E-state index is 11.7. The van der Waals surface area contributed by atoms with Crippen molar-refractivity contribution in [1.82, 2.24) is 0 Å². The topological polar surface area (TPSA) is 54.4 Å². The molecule has 1 aromatic rings. The third kappa shape index (κ3) is 4.06. The van der Waals surface area contributed by atoms with Gasteiger partial charge in [-0.25, -0.2) is 0 Å². The minimum Gasteiger partial charge on any atom is -0.481 e. The van der Waals surface area contributed by atoms with E-state index in [1.807, 2.05) is 12.1 Å². The number of carbonyl (C=O) groups is 1. The van der Waals surface area contributed by atoms with E-state index >= 15 is 0 Å². The summed E-state index contributed by atoms with van der Waals surface area (Å²) in [6.07, 6.45) is 0.989. The summed E-state index contributed by atoms with van der Waals surface area (Å²) in [7, 11) is -1.08. The standard InChI is InChI=1S/C11H16O3S2/c1-3-9-4-5-10(15-9)7-16(14)6-8(2)11(12)13/h4-5,8H,3,6-7H2,1-2H3,(H,12,13). The molecule has 0 radical (unpaired) electrons. The molecule has 0 aliphatic rings. The highest BCUT2D eigenvalue weighted by molar-refractivity contribution is 7.84. The zero-order valence-corrected chi connectivity index (χ0v) is 11.1. The number of carboxylic acids is 1. The van der Waals surface area contributed by atoms with Crippen LogP contribution in [-0.2, 0) is 27.8 Å². The Morgan fingerprint density at radius 3 is 2.62 bits per heavy atom. The number of rotatable bonds is 6. The van der Waals surface area contributed by atoms with Crippen LogP contribution in [0.1, 0.15) is 23.6 Å². The fraction of sp³-hybridized carbons (Fsp3) is 0.545. The van der Waals surface area contributed by atoms with Gasteiger partial charge in [-0.1, -0.05) is 13.8 Å². The van der Waals surface area contributed by atoms with Crippen molar-refractivity contribution >= 4 is 28.1 Å². The van der Waals surface area contributed by atoms with Crippen LogP contribution in [0.3, 0.4) is 0 Å². The molecule has 0 amide bonds. The van der Waals surface area contributed by atoms with E-state index in [2.05, 4.69) is 6.92 Å². The molecule has 0 spiro atoms. The van der Waals surface area contributed by atoms with Crippen LogP contribution >= 0.6 is 11.3 Å². The Morgan fingerprint density at radius 1 is 1.50 bits per heavy atom. The lowest BCUT2D eigenvalue weighted by Gasteiger charge is -2.04. The molecule has 1 N–H and O–H groups in total. The van der Waals surface area contributed by atoms with Gasteiger partial charge in [-0.05, 0) is 18.6 Å². The van der Waals surface area contributed by atoms with Gasteiger partial charge in [-0.15, -0.1) is 11.3 Å². The van der Waals surface area contributed by atoms with Gasteiger partial charge in [0, 0.05) is 26.3 Å². The van der Waals surface area contributed by atoms with E-state index in [0.29, 0.717) is 5.75 Å². The molecule has 0 saturated heterocycles. The van der Waals surface area contributed by atoms with Gasteiger partial charge in [0.1, 0.15) is 0 Å². The zero-order chi connectivity index (χ0) is 12.1. The first-order valence-electron chi connectivity index (χ1n) is 5.18. The second-order valence-corrected chi connectivity index (χ2v) is 6.47. The first kappa shape index (κ1) is 13.4. The third-order valence-electron chi connectivity index (χ3n) is 2.23. The second kappa shape index (κ2) is 6.15. The second-order valence-electron chi connectivity index (χ2n) is 3.71. The molecule has 16 heavy (non-hydrogen) atoms. The van der Waals surface area contributed by atoms with E-state index in [-0.39, 0.29) is 5.75 Å². The third-order valence-corrected chi connectivity index (χ3v) is 5.14. The fourth-order valence-electron chi connectivity index (χ4n) is 1.26. The lowest BCUT2D eigenvalue weighted by atomic mass is 10.2. The van der Waals surface area contributed by atoms with Crippen molar-refractivity contribution in [3.05, 3.63) is 21.9 Å². The van der Waals surface area contributed by atoms with Crippen LogP contribution in [0.15, 0.2) is 12.1 Å². The molecule has 0 bridgehead atoms. The first-order chi connectivity index (χ1) is 7.52. The Bertz CT molecular complexity index is 384. The van der Waals surface area contributed by atoms with Crippen molar-refractivity contribution in [3.8, 4) is 0 Å². The van der Waals surface area contributed by atoms with Crippen LogP contribution < -0.4 is 0 Å². The van der Waals surface area contributed by atoms with Crippen LogP contribution in [0.25, 0.3) is 0 Å². The van der Waals surface area contributed by atoms with Gasteiger partial charge in [-0.2, -0.15) is 0 Å². The number of hydrogen-bond donors (Lipinski definition) is 1. The minimum atomic E-state index is -1.08. The summed E-state index contributed by atoms with van der Waals surface area (Å²) < 4.78 is 11.7. The molecular weight excluding hydrogens is 244 g/mol. The molecule has 1 aromatic heterocycles. The Morgan fingerprint density at radius 2 is 2.12 bits per heavy atom. The van der Waals surface area contributed by atoms with Gasteiger partial charge in [-0.3, -0.25) is 9.00 Å². The van der Waals surface area contributed by atoms with E-state index in [0.717, 1.165) is 11.3 Å². The number of aliphatic carboxylic acids is 1. The van der Waals surface area contributed by atoms with Crippen molar-refractivity contribution < 1.29 is 14.1 Å². The van der Waals surface area contributed by atoms with E-state index in [9.17, 15) is 9.00 Å². The lowest BCUT2D eigenvalue weighted by molar-refractivity contribution is -0.140. The summed E-state index contributed by atoms with van der Waals surface area (Å²) in [4.78, 5) is 13.0. The van der Waals surface area contributed by atoms with Gasteiger partial charge in [0.15, 0.2) is 0 Å². The molecule has 2 atom stereocenters. The Labute approximate surface area is 102 Å². The molecule has 5 heteroatoms. The molecule has 3 nitrogen and oxygen atoms in total. The molecule has 0 aliphatic heterocycles. The summed E-state index contributed by atoms with van der Waals surface area (Å²) in [6.45, 7) is 3.67. The van der Waals surface area contributed by atoms with Crippen LogP contribution in [0.4, 0.5) is 0 Å². The average molecular weight is 260 g/mol. The Balaban J connectivity index is 2.48. The molecule has 0 saturated carbocycles. The SMILES string of the molecule is CCc1ccc(CS(=O)CC(C)C(=O)O)s1. The normalized spacial score (nSPS) is 14.6. The highest BCUT2D eigenvalue weighted by Gasteiger charge is 2.15. The van der Waals surface area contributed by atoms with E-state index in [4.69, 9.17) is 5.11 Å². The molecule has 1 heterocycles. The molecule has 1 rings (SSSR count).